The van der Waals surface area contributed by atoms with E-state index in [-0.39, 0.29) is 16.2 Å². The topological polar surface area (TPSA) is 111 Å². The highest BCUT2D eigenvalue weighted by atomic mass is 32.2. The molecule has 1 heterocycles. The first-order valence-electron chi connectivity index (χ1n) is 8.34. The smallest absolute Gasteiger partial charge is 0.348 e. The SMILES string of the molecule is CNS(=O)(=O)c1cc(C(=O)Nc2ccc3sc(C(=O)OC)cc3c2)ccc1OC. The van der Waals surface area contributed by atoms with Crippen molar-refractivity contribution in [3.8, 4) is 5.75 Å². The predicted molar refractivity (Wildman–Crippen MR) is 110 cm³/mol. The van der Waals surface area contributed by atoms with Crippen LogP contribution in [0.1, 0.15) is 20.0 Å². The number of hydrogen-bond donors (Lipinski definition) is 2. The molecule has 1 aromatic heterocycles. The van der Waals surface area contributed by atoms with E-state index in [9.17, 15) is 18.0 Å². The number of amides is 1. The Labute approximate surface area is 171 Å². The number of hydrogen-bond acceptors (Lipinski definition) is 7. The van der Waals surface area contributed by atoms with Crippen LogP contribution in [0.5, 0.6) is 5.75 Å². The molecular weight excluding hydrogens is 416 g/mol. The summed E-state index contributed by atoms with van der Waals surface area (Å²) in [5, 5.41) is 3.51. The molecule has 0 aliphatic rings. The molecule has 8 nitrogen and oxygen atoms in total. The van der Waals surface area contributed by atoms with E-state index in [1.165, 1.54) is 50.8 Å². The summed E-state index contributed by atoms with van der Waals surface area (Å²) in [5.41, 5.74) is 0.658. The van der Waals surface area contributed by atoms with Crippen molar-refractivity contribution in [2.45, 2.75) is 4.90 Å². The number of methoxy groups -OCH3 is 2. The molecule has 2 aromatic carbocycles. The summed E-state index contributed by atoms with van der Waals surface area (Å²) < 4.78 is 37.2. The van der Waals surface area contributed by atoms with Gasteiger partial charge in [0.2, 0.25) is 10.0 Å². The Bertz CT molecular complexity index is 1200. The molecule has 0 atom stereocenters. The third-order valence-corrected chi connectivity index (χ3v) is 6.68. The number of ether oxygens (including phenoxy) is 2. The van der Waals surface area contributed by atoms with E-state index in [0.29, 0.717) is 10.6 Å². The zero-order valence-corrected chi connectivity index (χ0v) is 17.4. The van der Waals surface area contributed by atoms with Crippen LogP contribution in [-0.2, 0) is 14.8 Å². The zero-order chi connectivity index (χ0) is 21.2. The molecule has 0 aliphatic carbocycles. The van der Waals surface area contributed by atoms with Crippen LogP contribution in [0.3, 0.4) is 0 Å². The second kappa shape index (κ2) is 8.19. The standard InChI is InChI=1S/C19H18N2O6S2/c1-20-29(24,25)17-10-11(4-6-14(17)26-2)18(22)21-13-5-7-15-12(8-13)9-16(28-15)19(23)27-3/h4-10,20H,1-3H3,(H,21,22). The molecule has 0 aliphatic heterocycles. The van der Waals surface area contributed by atoms with Gasteiger partial charge in [-0.3, -0.25) is 4.79 Å². The van der Waals surface area contributed by atoms with Crippen molar-refractivity contribution in [2.75, 3.05) is 26.6 Å². The van der Waals surface area contributed by atoms with Gasteiger partial charge in [-0.15, -0.1) is 11.3 Å². The third-order valence-electron chi connectivity index (χ3n) is 4.14. The highest BCUT2D eigenvalue weighted by molar-refractivity contribution is 7.89. The van der Waals surface area contributed by atoms with Crippen molar-refractivity contribution in [2.24, 2.45) is 0 Å². The second-order valence-electron chi connectivity index (χ2n) is 5.88. The largest absolute Gasteiger partial charge is 0.495 e. The number of sulfonamides is 1. The Hall–Kier alpha value is -2.95. The van der Waals surface area contributed by atoms with Gasteiger partial charge in [-0.2, -0.15) is 0 Å². The van der Waals surface area contributed by atoms with E-state index < -0.39 is 21.9 Å². The molecule has 152 valence electrons. The van der Waals surface area contributed by atoms with Gasteiger partial charge in [0, 0.05) is 16.0 Å². The van der Waals surface area contributed by atoms with Gasteiger partial charge in [-0.25, -0.2) is 17.9 Å². The molecule has 0 unspecified atom stereocenters. The fraction of sp³-hybridized carbons (Fsp3) is 0.158. The van der Waals surface area contributed by atoms with E-state index in [0.717, 1.165) is 10.1 Å². The van der Waals surface area contributed by atoms with Gasteiger partial charge in [0.1, 0.15) is 15.5 Å². The molecule has 2 N–H and O–H groups in total. The van der Waals surface area contributed by atoms with Crippen molar-refractivity contribution in [1.29, 1.82) is 0 Å². The normalized spacial score (nSPS) is 11.3. The van der Waals surface area contributed by atoms with Gasteiger partial charge in [-0.1, -0.05) is 0 Å². The van der Waals surface area contributed by atoms with Crippen LogP contribution >= 0.6 is 11.3 Å². The van der Waals surface area contributed by atoms with E-state index in [4.69, 9.17) is 9.47 Å². The molecule has 29 heavy (non-hydrogen) atoms. The Morgan fingerprint density at radius 2 is 1.79 bits per heavy atom. The first-order chi connectivity index (χ1) is 13.8. The van der Waals surface area contributed by atoms with Crippen LogP contribution < -0.4 is 14.8 Å². The van der Waals surface area contributed by atoms with Gasteiger partial charge in [0.05, 0.1) is 14.2 Å². The van der Waals surface area contributed by atoms with E-state index in [1.54, 1.807) is 24.3 Å². The fourth-order valence-electron chi connectivity index (χ4n) is 2.66. The number of carbonyl (C=O) groups is 2. The lowest BCUT2D eigenvalue weighted by atomic mass is 10.2. The van der Waals surface area contributed by atoms with Crippen molar-refractivity contribution < 1.29 is 27.5 Å². The number of rotatable bonds is 6. The van der Waals surface area contributed by atoms with Crippen LogP contribution in [-0.4, -0.2) is 41.6 Å². The summed E-state index contributed by atoms with van der Waals surface area (Å²) in [4.78, 5) is 24.6. The van der Waals surface area contributed by atoms with Crippen molar-refractivity contribution >= 4 is 49.0 Å². The molecule has 0 saturated heterocycles. The monoisotopic (exact) mass is 434 g/mol. The van der Waals surface area contributed by atoms with E-state index in [2.05, 4.69) is 10.0 Å². The summed E-state index contributed by atoms with van der Waals surface area (Å²) in [5.74, 6) is -0.776. The van der Waals surface area contributed by atoms with Crippen LogP contribution in [0, 0.1) is 0 Å². The molecule has 0 radical (unpaired) electrons. The van der Waals surface area contributed by atoms with Gasteiger partial charge >= 0.3 is 5.97 Å². The van der Waals surface area contributed by atoms with Crippen LogP contribution in [0.15, 0.2) is 47.4 Å². The number of carbonyl (C=O) groups excluding carboxylic acids is 2. The minimum absolute atomic E-state index is 0.130. The summed E-state index contributed by atoms with van der Waals surface area (Å²) >= 11 is 1.29. The van der Waals surface area contributed by atoms with Gasteiger partial charge < -0.3 is 14.8 Å². The maximum absolute atomic E-state index is 12.6. The fourth-order valence-corrected chi connectivity index (χ4v) is 4.54. The summed E-state index contributed by atoms with van der Waals surface area (Å²) in [7, 11) is 0.139. The van der Waals surface area contributed by atoms with Crippen LogP contribution in [0.4, 0.5) is 5.69 Å². The number of nitrogens with one attached hydrogen (secondary N) is 2. The van der Waals surface area contributed by atoms with Gasteiger partial charge in [0.15, 0.2) is 0 Å². The summed E-state index contributed by atoms with van der Waals surface area (Å²) in [6.45, 7) is 0. The predicted octanol–water partition coefficient (Wildman–Crippen LogP) is 2.86. The lowest BCUT2D eigenvalue weighted by Gasteiger charge is -2.11. The second-order valence-corrected chi connectivity index (χ2v) is 8.82. The van der Waals surface area contributed by atoms with Gasteiger partial charge in [-0.05, 0) is 54.9 Å². The molecular formula is C19H18N2O6S2. The van der Waals surface area contributed by atoms with Gasteiger partial charge in [0.25, 0.3) is 5.91 Å². The maximum Gasteiger partial charge on any atom is 0.348 e. The molecule has 0 saturated carbocycles. The first-order valence-corrected chi connectivity index (χ1v) is 10.6. The Morgan fingerprint density at radius 1 is 1.03 bits per heavy atom. The number of anilines is 1. The molecule has 3 aromatic rings. The maximum atomic E-state index is 12.6. The highest BCUT2D eigenvalue weighted by Crippen LogP contribution is 2.29. The molecule has 10 heteroatoms. The molecule has 0 spiro atoms. The number of thiophene rings is 1. The van der Waals surface area contributed by atoms with Crippen molar-refractivity contribution in [3.63, 3.8) is 0 Å². The summed E-state index contributed by atoms with van der Waals surface area (Å²) in [6.07, 6.45) is 0. The van der Waals surface area contributed by atoms with Crippen molar-refractivity contribution in [3.05, 3.63) is 52.9 Å². The van der Waals surface area contributed by atoms with Crippen molar-refractivity contribution in [1.82, 2.24) is 4.72 Å². The quantitative estimate of drug-likeness (QED) is 0.577. The average molecular weight is 434 g/mol. The Morgan fingerprint density at radius 3 is 2.45 bits per heavy atom. The van der Waals surface area contributed by atoms with E-state index in [1.807, 2.05) is 0 Å². The lowest BCUT2D eigenvalue weighted by molar-refractivity contribution is 0.0606. The number of fused-ring (bicyclic) bond motifs is 1. The van der Waals surface area contributed by atoms with E-state index >= 15 is 0 Å². The molecule has 0 bridgehead atoms. The molecule has 1 amide bonds. The average Bonchev–Trinajstić information content (AvgIpc) is 3.16. The Kier molecular flexibility index (Phi) is 5.87. The Balaban J connectivity index is 1.90. The molecule has 0 fully saturated rings. The number of benzene rings is 2. The lowest BCUT2D eigenvalue weighted by Crippen LogP contribution is -2.20. The third kappa shape index (κ3) is 4.24. The van der Waals surface area contributed by atoms with Crippen LogP contribution in [0.2, 0.25) is 0 Å². The zero-order valence-electron chi connectivity index (χ0n) is 15.8. The molecule has 3 rings (SSSR count). The summed E-state index contributed by atoms with van der Waals surface area (Å²) in [6, 6.07) is 11.0. The first kappa shape index (κ1) is 20.8. The number of esters is 1. The highest BCUT2D eigenvalue weighted by Gasteiger charge is 2.20. The minimum atomic E-state index is -3.80. The minimum Gasteiger partial charge on any atom is -0.495 e. The van der Waals surface area contributed by atoms with Crippen LogP contribution in [0.25, 0.3) is 10.1 Å².